The van der Waals surface area contributed by atoms with Crippen LogP contribution in [0, 0.1) is 0 Å². The van der Waals surface area contributed by atoms with Gasteiger partial charge in [0.25, 0.3) is 5.91 Å². The van der Waals surface area contributed by atoms with E-state index >= 15 is 0 Å². The number of rotatable bonds is 3. The highest BCUT2D eigenvalue weighted by Gasteiger charge is 2.29. The molecule has 0 aliphatic carbocycles. The summed E-state index contributed by atoms with van der Waals surface area (Å²) >= 11 is 0. The van der Waals surface area contributed by atoms with E-state index in [0.717, 1.165) is 11.1 Å². The van der Waals surface area contributed by atoms with Gasteiger partial charge >= 0.3 is 5.97 Å². The number of hydrogen-bond acceptors (Lipinski definition) is 3. The number of aromatic carboxylic acids is 1. The van der Waals surface area contributed by atoms with Gasteiger partial charge in [0, 0.05) is 23.7 Å². The summed E-state index contributed by atoms with van der Waals surface area (Å²) in [6.07, 6.45) is 0. The molecule has 2 N–H and O–H groups in total. The van der Waals surface area contributed by atoms with Gasteiger partial charge in [-0.1, -0.05) is 12.1 Å². The summed E-state index contributed by atoms with van der Waals surface area (Å²) in [5.74, 6) is -1.05. The van der Waals surface area contributed by atoms with E-state index in [4.69, 9.17) is 5.11 Å². The summed E-state index contributed by atoms with van der Waals surface area (Å²) < 4.78 is 0. The predicted octanol–water partition coefficient (Wildman–Crippen LogP) is 2.14. The third-order valence-electron chi connectivity index (χ3n) is 3.67. The van der Waals surface area contributed by atoms with Gasteiger partial charge in [-0.3, -0.25) is 9.89 Å². The van der Waals surface area contributed by atoms with Crippen LogP contribution in [-0.2, 0) is 6.54 Å². The summed E-state index contributed by atoms with van der Waals surface area (Å²) in [5.41, 5.74) is 2.94. The third kappa shape index (κ3) is 2.18. The molecule has 0 atom stereocenters. The van der Waals surface area contributed by atoms with Crippen LogP contribution in [0.25, 0.3) is 11.3 Å². The Bertz CT molecular complexity index is 734. The molecule has 1 aromatic heterocycles. The Morgan fingerprint density at radius 1 is 1.38 bits per heavy atom. The summed E-state index contributed by atoms with van der Waals surface area (Å²) in [6.45, 7) is 4.59. The van der Waals surface area contributed by atoms with Crippen molar-refractivity contribution < 1.29 is 14.7 Å². The van der Waals surface area contributed by atoms with Gasteiger partial charge in [0.1, 0.15) is 5.69 Å². The number of H-pyrrole nitrogens is 1. The van der Waals surface area contributed by atoms with Crippen molar-refractivity contribution in [1.29, 1.82) is 0 Å². The largest absolute Gasteiger partial charge is 0.477 e. The number of carboxylic acids is 1. The van der Waals surface area contributed by atoms with Gasteiger partial charge in [-0.2, -0.15) is 5.10 Å². The normalized spacial score (nSPS) is 13.9. The van der Waals surface area contributed by atoms with E-state index < -0.39 is 5.97 Å². The number of fused-ring (bicyclic) bond motifs is 1. The average molecular weight is 285 g/mol. The highest BCUT2D eigenvalue weighted by atomic mass is 16.4. The molecule has 1 aliphatic rings. The topological polar surface area (TPSA) is 86.3 Å². The average Bonchev–Trinajstić information content (AvgIpc) is 3.04. The standard InChI is InChI=1S/C15H15N3O3/c1-8(2)18-7-10-4-3-9(5-11(10)14(18)19)12-6-13(15(20)21)17-16-12/h3-6,8H,7H2,1-2H3,(H,16,17)(H,20,21). The fraction of sp³-hybridized carbons (Fsp3) is 0.267. The number of aromatic nitrogens is 2. The van der Waals surface area contributed by atoms with Crippen LogP contribution < -0.4 is 0 Å². The van der Waals surface area contributed by atoms with Crippen molar-refractivity contribution in [1.82, 2.24) is 15.1 Å². The van der Waals surface area contributed by atoms with E-state index in [0.29, 0.717) is 17.8 Å². The van der Waals surface area contributed by atoms with E-state index in [1.165, 1.54) is 6.07 Å². The monoisotopic (exact) mass is 285 g/mol. The number of amides is 1. The summed E-state index contributed by atoms with van der Waals surface area (Å²) in [5, 5.41) is 15.4. The summed E-state index contributed by atoms with van der Waals surface area (Å²) in [6, 6.07) is 7.15. The minimum absolute atomic E-state index is 0.0100. The number of nitrogens with zero attached hydrogens (tertiary/aromatic N) is 2. The van der Waals surface area contributed by atoms with Gasteiger partial charge in [0.05, 0.1) is 5.69 Å². The highest BCUT2D eigenvalue weighted by molar-refractivity contribution is 5.99. The van der Waals surface area contributed by atoms with Gasteiger partial charge in [-0.05, 0) is 31.5 Å². The van der Waals surface area contributed by atoms with Crippen molar-refractivity contribution in [2.24, 2.45) is 0 Å². The highest BCUT2D eigenvalue weighted by Crippen LogP contribution is 2.29. The molecule has 0 saturated carbocycles. The number of carboxylic acid groups (broad SMARTS) is 1. The van der Waals surface area contributed by atoms with Gasteiger partial charge in [0.2, 0.25) is 0 Å². The third-order valence-corrected chi connectivity index (χ3v) is 3.67. The lowest BCUT2D eigenvalue weighted by molar-refractivity contribution is 0.0688. The van der Waals surface area contributed by atoms with Crippen LogP contribution in [-0.4, -0.2) is 38.1 Å². The Hall–Kier alpha value is -2.63. The predicted molar refractivity (Wildman–Crippen MR) is 76.0 cm³/mol. The molecule has 2 aromatic rings. The zero-order valence-corrected chi connectivity index (χ0v) is 11.8. The lowest BCUT2D eigenvalue weighted by atomic mass is 10.0. The number of carbonyl (C=O) groups is 2. The molecule has 1 aromatic carbocycles. The van der Waals surface area contributed by atoms with Gasteiger partial charge < -0.3 is 10.0 Å². The van der Waals surface area contributed by atoms with Crippen LogP contribution in [0.5, 0.6) is 0 Å². The Balaban J connectivity index is 1.98. The second-order valence-electron chi connectivity index (χ2n) is 5.37. The van der Waals surface area contributed by atoms with Crippen LogP contribution in [0.4, 0.5) is 0 Å². The molecule has 1 amide bonds. The number of aromatic amines is 1. The Morgan fingerprint density at radius 2 is 2.14 bits per heavy atom. The maximum absolute atomic E-state index is 12.3. The van der Waals surface area contributed by atoms with Crippen LogP contribution >= 0.6 is 0 Å². The molecule has 108 valence electrons. The van der Waals surface area contributed by atoms with Gasteiger partial charge in [-0.15, -0.1) is 0 Å². The second-order valence-corrected chi connectivity index (χ2v) is 5.37. The number of benzene rings is 1. The van der Waals surface area contributed by atoms with Crippen LogP contribution in [0.15, 0.2) is 24.3 Å². The minimum atomic E-state index is -1.06. The zero-order valence-electron chi connectivity index (χ0n) is 11.8. The summed E-state index contributed by atoms with van der Waals surface area (Å²) in [4.78, 5) is 25.0. The van der Waals surface area contributed by atoms with Gasteiger partial charge in [0.15, 0.2) is 0 Å². The first kappa shape index (κ1) is 13.4. The minimum Gasteiger partial charge on any atom is -0.477 e. The maximum atomic E-state index is 12.3. The lowest BCUT2D eigenvalue weighted by Gasteiger charge is -2.19. The molecule has 0 fully saturated rings. The molecule has 3 rings (SSSR count). The first-order valence-electron chi connectivity index (χ1n) is 6.70. The molecule has 6 nitrogen and oxygen atoms in total. The van der Waals surface area contributed by atoms with E-state index in [1.54, 1.807) is 6.07 Å². The molecule has 0 bridgehead atoms. The molecular weight excluding hydrogens is 270 g/mol. The van der Waals surface area contributed by atoms with Crippen molar-refractivity contribution in [3.63, 3.8) is 0 Å². The first-order chi connectivity index (χ1) is 9.97. The summed E-state index contributed by atoms with van der Waals surface area (Å²) in [7, 11) is 0. The van der Waals surface area contributed by atoms with Crippen molar-refractivity contribution in [3.8, 4) is 11.3 Å². The van der Waals surface area contributed by atoms with Crippen molar-refractivity contribution >= 4 is 11.9 Å². The SMILES string of the molecule is CC(C)N1Cc2ccc(-c3cc(C(=O)O)[nH]n3)cc2C1=O. The number of carbonyl (C=O) groups excluding carboxylic acids is 1. The van der Waals surface area contributed by atoms with Crippen LogP contribution in [0.1, 0.15) is 40.3 Å². The van der Waals surface area contributed by atoms with E-state index in [-0.39, 0.29) is 17.6 Å². The smallest absolute Gasteiger partial charge is 0.353 e. The second kappa shape index (κ2) is 4.73. The van der Waals surface area contributed by atoms with Crippen molar-refractivity contribution in [2.75, 3.05) is 0 Å². The fourth-order valence-corrected chi connectivity index (χ4v) is 2.48. The molecule has 6 heteroatoms. The van der Waals surface area contributed by atoms with Gasteiger partial charge in [-0.25, -0.2) is 4.79 Å². The first-order valence-corrected chi connectivity index (χ1v) is 6.70. The van der Waals surface area contributed by atoms with E-state index in [2.05, 4.69) is 10.2 Å². The van der Waals surface area contributed by atoms with Crippen LogP contribution in [0.3, 0.4) is 0 Å². The zero-order chi connectivity index (χ0) is 15.1. The molecule has 21 heavy (non-hydrogen) atoms. The quantitative estimate of drug-likeness (QED) is 0.904. The Morgan fingerprint density at radius 3 is 2.76 bits per heavy atom. The lowest BCUT2D eigenvalue weighted by Crippen LogP contribution is -2.30. The number of hydrogen-bond donors (Lipinski definition) is 2. The van der Waals surface area contributed by atoms with Crippen LogP contribution in [0.2, 0.25) is 0 Å². The molecule has 0 spiro atoms. The Labute approximate surface area is 121 Å². The fourth-order valence-electron chi connectivity index (χ4n) is 2.48. The molecular formula is C15H15N3O3. The van der Waals surface area contributed by atoms with E-state index in [1.807, 2.05) is 30.9 Å². The molecule has 1 aliphatic heterocycles. The Kier molecular flexibility index (Phi) is 3.01. The van der Waals surface area contributed by atoms with Crippen molar-refractivity contribution in [3.05, 3.63) is 41.1 Å². The molecule has 0 unspecified atom stereocenters. The number of nitrogens with one attached hydrogen (secondary N) is 1. The van der Waals surface area contributed by atoms with Crippen molar-refractivity contribution in [2.45, 2.75) is 26.4 Å². The molecule has 2 heterocycles. The van der Waals surface area contributed by atoms with E-state index in [9.17, 15) is 9.59 Å². The molecule has 0 saturated heterocycles. The maximum Gasteiger partial charge on any atom is 0.353 e. The molecule has 0 radical (unpaired) electrons.